The van der Waals surface area contributed by atoms with E-state index in [4.69, 9.17) is 71.0 Å². The molecule has 0 fully saturated rings. The van der Waals surface area contributed by atoms with E-state index in [2.05, 4.69) is 0 Å². The van der Waals surface area contributed by atoms with Crippen molar-refractivity contribution >= 4 is 0 Å². The topological polar surface area (TPSA) is 143 Å². The van der Waals surface area contributed by atoms with Crippen molar-refractivity contribution in [1.29, 1.82) is 31.6 Å². The molecule has 0 atom stereocenters. The summed E-state index contributed by atoms with van der Waals surface area (Å²) >= 11 is 0. The predicted molar refractivity (Wildman–Crippen MR) is 29.8 cm³/mol. The maximum absolute atomic E-state index is 6.25. The van der Waals surface area contributed by atoms with E-state index < -0.39 is 0 Å². The van der Waals surface area contributed by atoms with Crippen LogP contribution in [0.5, 0.6) is 0 Å². The Hall–Kier alpha value is -2.54. The van der Waals surface area contributed by atoms with Gasteiger partial charge in [0.05, 0.1) is 0 Å². The summed E-state index contributed by atoms with van der Waals surface area (Å²) in [6.07, 6.45) is 0. The quantitative estimate of drug-likeness (QED) is 0.330. The van der Waals surface area contributed by atoms with Crippen LogP contribution in [0.3, 0.4) is 0 Å². The molecule has 0 bridgehead atoms. The van der Waals surface area contributed by atoms with Crippen LogP contribution in [-0.2, 0) is 17.1 Å². The molecular weight excluding hydrogens is 218 g/mol. The van der Waals surface area contributed by atoms with Gasteiger partial charge in [0.25, 0.3) is 0 Å². The molecule has 0 aliphatic rings. The van der Waals surface area contributed by atoms with Gasteiger partial charge in [0.2, 0.25) is 0 Å². The van der Waals surface area contributed by atoms with Crippen LogP contribution in [0.1, 0.15) is 0 Å². The van der Waals surface area contributed by atoms with E-state index in [0.29, 0.717) is 0 Å². The van der Waals surface area contributed by atoms with Crippen LogP contribution < -0.4 is 0 Å². The van der Waals surface area contributed by atoms with E-state index in [0.717, 1.165) is 0 Å². The summed E-state index contributed by atoms with van der Waals surface area (Å²) in [6, 6.07) is 0. The molecule has 0 amide bonds. The van der Waals surface area contributed by atoms with Crippen LogP contribution in [-0.4, -0.2) is 0 Å². The average Bonchev–Trinajstić information content (AvgIpc) is 2.33. The Labute approximate surface area is 88.5 Å². The van der Waals surface area contributed by atoms with Crippen molar-refractivity contribution in [2.75, 3.05) is 0 Å². The molecule has 0 aromatic carbocycles. The molecule has 6 nitrogen and oxygen atoms in total. The first-order valence-corrected chi connectivity index (χ1v) is 1.34. The molecule has 0 N–H and O–H groups in total. The number of hydrogen-bond donors (Lipinski definition) is 0. The molecule has 62 valence electrons. The van der Waals surface area contributed by atoms with Gasteiger partial charge in [0.15, 0.2) is 0 Å². The largest absolute Gasteiger partial charge is 6.00 e. The van der Waals surface area contributed by atoms with Crippen molar-refractivity contribution in [2.45, 2.75) is 0 Å². The summed E-state index contributed by atoms with van der Waals surface area (Å²) in [5.41, 5.74) is 0. The third kappa shape index (κ3) is 81.6. The van der Waals surface area contributed by atoms with E-state index in [1.54, 1.807) is 0 Å². The second kappa shape index (κ2) is 105. The number of rotatable bonds is 0. The van der Waals surface area contributed by atoms with Gasteiger partial charge in [0.1, 0.15) is 0 Å². The van der Waals surface area contributed by atoms with Gasteiger partial charge in [-0.05, 0) is 0 Å². The summed E-state index contributed by atoms with van der Waals surface area (Å²) in [5, 5.41) is 37.5. The van der Waals surface area contributed by atoms with E-state index >= 15 is 0 Å². The maximum Gasteiger partial charge on any atom is 6.00 e. The minimum Gasteiger partial charge on any atom is -0.512 e. The first kappa shape index (κ1) is 78.2. The van der Waals surface area contributed by atoms with Crippen molar-refractivity contribution in [3.8, 4) is 0 Å². The first-order chi connectivity index (χ1) is 6.00. The van der Waals surface area contributed by atoms with E-state index in [1.807, 2.05) is 0 Å². The van der Waals surface area contributed by atoms with Gasteiger partial charge in [-0.1, -0.05) is 0 Å². The molecular formula is C6FeN6. The molecule has 0 aromatic heterocycles. The van der Waals surface area contributed by atoms with Crippen LogP contribution in [0.2, 0.25) is 0 Å². The zero-order chi connectivity index (χ0) is 12.0. The van der Waals surface area contributed by atoms with Crippen molar-refractivity contribution in [1.82, 2.24) is 0 Å². The predicted octanol–water partition coefficient (Wildman–Crippen LogP) is 0.576. The van der Waals surface area contributed by atoms with Crippen LogP contribution in [0, 0.1) is 71.0 Å². The Balaban J connectivity index is -0.00000000655. The standard InChI is InChI=1S/6CN.Fe/c6*1-2;/q6*-1;+6/i6*2+1;. The van der Waals surface area contributed by atoms with Crippen molar-refractivity contribution in [3.63, 3.8) is 0 Å². The van der Waals surface area contributed by atoms with Crippen LogP contribution in [0.15, 0.2) is 0 Å². The Kier molecular flexibility index (Phi) is 631. The monoisotopic (exact) mass is 218 g/mol. The summed E-state index contributed by atoms with van der Waals surface area (Å²) < 4.78 is 0. The molecule has 0 aliphatic carbocycles. The van der Waals surface area contributed by atoms with Gasteiger partial charge >= 0.3 is 17.1 Å². The summed E-state index contributed by atoms with van der Waals surface area (Å²) in [5.74, 6) is 0. The smallest absolute Gasteiger partial charge is 0.512 e. The average molecular weight is 218 g/mol. The Morgan fingerprint density at radius 2 is 0.308 bits per heavy atom. The van der Waals surface area contributed by atoms with E-state index in [-0.39, 0.29) is 17.1 Å². The molecule has 0 rings (SSSR count). The molecule has 0 aliphatic heterocycles. The van der Waals surface area contributed by atoms with E-state index in [9.17, 15) is 0 Å². The summed E-state index contributed by atoms with van der Waals surface area (Å²) in [7, 11) is 0. The van der Waals surface area contributed by atoms with Crippen LogP contribution in [0.25, 0.3) is 0 Å². The minimum absolute atomic E-state index is 0. The molecule has 0 heterocycles. The number of hydrogen-bond acceptors (Lipinski definition) is 6. The molecule has 0 radical (unpaired) electrons. The van der Waals surface area contributed by atoms with Gasteiger partial charge < -0.3 is 71.0 Å². The third-order valence-corrected chi connectivity index (χ3v) is 0. The van der Waals surface area contributed by atoms with Crippen molar-refractivity contribution in [3.05, 3.63) is 39.4 Å². The third-order valence-electron chi connectivity index (χ3n) is 0. The summed E-state index contributed by atoms with van der Waals surface area (Å²) in [6.45, 7) is 28.5. The Bertz CT molecular complexity index is 92.1. The fourth-order valence-electron chi connectivity index (χ4n) is 0. The minimum atomic E-state index is 0. The fourth-order valence-corrected chi connectivity index (χ4v) is 0. The first-order valence-electron chi connectivity index (χ1n) is 1.34. The zero-order valence-corrected chi connectivity index (χ0v) is 7.14. The van der Waals surface area contributed by atoms with Crippen LogP contribution >= 0.6 is 0 Å². The van der Waals surface area contributed by atoms with Crippen molar-refractivity contribution < 1.29 is 17.1 Å². The van der Waals surface area contributed by atoms with Gasteiger partial charge in [-0.25, -0.2) is 0 Å². The van der Waals surface area contributed by atoms with Crippen LogP contribution in [0.4, 0.5) is 0 Å². The second-order valence-corrected chi connectivity index (χ2v) is 0. The van der Waals surface area contributed by atoms with Gasteiger partial charge in [-0.2, -0.15) is 0 Å². The Morgan fingerprint density at radius 3 is 0.308 bits per heavy atom. The van der Waals surface area contributed by atoms with Crippen molar-refractivity contribution in [2.24, 2.45) is 0 Å². The van der Waals surface area contributed by atoms with Gasteiger partial charge in [-0.15, -0.1) is 0 Å². The van der Waals surface area contributed by atoms with Gasteiger partial charge in [0, 0.05) is 0 Å². The molecule has 7 heteroatoms. The molecule has 0 spiro atoms. The molecule has 0 saturated carbocycles. The van der Waals surface area contributed by atoms with E-state index in [1.165, 1.54) is 0 Å². The second-order valence-electron chi connectivity index (χ2n) is 0. The maximum atomic E-state index is 6.25. The Morgan fingerprint density at radius 1 is 0.308 bits per heavy atom. The molecule has 0 saturated heterocycles. The molecule has 0 aromatic rings. The molecule has 0 unspecified atom stereocenters. The fraction of sp³-hybridized carbons (Fsp3) is 0. The molecule has 13 heavy (non-hydrogen) atoms. The number of nitrogens with zero attached hydrogens (tertiary/aromatic N) is 6. The summed E-state index contributed by atoms with van der Waals surface area (Å²) in [4.78, 5) is 0. The van der Waals surface area contributed by atoms with Gasteiger partial charge in [-0.3, -0.25) is 0 Å². The normalized spacial score (nSPS) is 0.923. The SMILES string of the molecule is [C-]#[15N].[C-]#[15N].[C-]#[15N].[C-]#[15N].[C-]#[15N].[C-]#[15N].[Fe+6]. The zero-order valence-electron chi connectivity index (χ0n) is 6.04.